The van der Waals surface area contributed by atoms with Crippen LogP contribution in [0.3, 0.4) is 0 Å². The van der Waals surface area contributed by atoms with Crippen LogP contribution in [0.1, 0.15) is 68.9 Å². The van der Waals surface area contributed by atoms with Crippen LogP contribution in [0.5, 0.6) is 0 Å². The summed E-state index contributed by atoms with van der Waals surface area (Å²) in [6.07, 6.45) is 7.79. The van der Waals surface area contributed by atoms with E-state index in [4.69, 9.17) is 4.74 Å². The van der Waals surface area contributed by atoms with E-state index in [2.05, 4.69) is 31.2 Å². The molecule has 2 unspecified atom stereocenters. The van der Waals surface area contributed by atoms with Gasteiger partial charge in [0.05, 0.1) is 0 Å². The minimum absolute atomic E-state index is 0.109. The first-order chi connectivity index (χ1) is 13.8. The summed E-state index contributed by atoms with van der Waals surface area (Å²) in [5, 5.41) is 0. The molecule has 1 amide bonds. The first kappa shape index (κ1) is 20.6. The maximum Gasteiger partial charge on any atom is 0.225 e. The zero-order chi connectivity index (χ0) is 19.6. The normalized spacial score (nSPS) is 19.3. The molecular weight excluding hydrogens is 346 g/mol. The van der Waals surface area contributed by atoms with Crippen LogP contribution < -0.4 is 0 Å². The average molecular weight is 380 g/mol. The molecule has 1 saturated heterocycles. The molecule has 28 heavy (non-hydrogen) atoms. The van der Waals surface area contributed by atoms with Crippen LogP contribution in [0, 0.1) is 0 Å². The van der Waals surface area contributed by atoms with Gasteiger partial charge in [0.1, 0.15) is 6.23 Å². The summed E-state index contributed by atoms with van der Waals surface area (Å²) in [4.78, 5) is 14.8. The third kappa shape index (κ3) is 5.68. The third-order valence-corrected chi connectivity index (χ3v) is 5.58. The maximum atomic E-state index is 12.8. The lowest BCUT2D eigenvalue weighted by Crippen LogP contribution is -2.36. The molecule has 2 aromatic rings. The van der Waals surface area contributed by atoms with Gasteiger partial charge in [0.25, 0.3) is 0 Å². The molecule has 0 bridgehead atoms. The second-order valence-electron chi connectivity index (χ2n) is 7.76. The van der Waals surface area contributed by atoms with Crippen molar-refractivity contribution >= 4 is 5.91 Å². The number of likely N-dealkylation sites (tertiary alicyclic amines) is 1. The highest BCUT2D eigenvalue weighted by molar-refractivity contribution is 5.80. The molecular formula is C25H33NO2. The monoisotopic (exact) mass is 379 g/mol. The fourth-order valence-electron chi connectivity index (χ4n) is 4.00. The number of carbonyl (C=O) groups excluding carboxylic acids is 1. The highest BCUT2D eigenvalue weighted by Crippen LogP contribution is 2.36. The van der Waals surface area contributed by atoms with E-state index in [1.54, 1.807) is 0 Å². The number of carbonyl (C=O) groups is 1. The molecule has 3 heteroatoms. The Morgan fingerprint density at radius 3 is 2.25 bits per heavy atom. The molecule has 1 heterocycles. The van der Waals surface area contributed by atoms with E-state index in [-0.39, 0.29) is 18.1 Å². The lowest BCUT2D eigenvalue weighted by Gasteiger charge is -2.28. The predicted octanol–water partition coefficient (Wildman–Crippen LogP) is 5.91. The Hall–Kier alpha value is -2.13. The molecule has 0 spiro atoms. The van der Waals surface area contributed by atoms with Gasteiger partial charge in [-0.2, -0.15) is 0 Å². The topological polar surface area (TPSA) is 29.5 Å². The highest BCUT2D eigenvalue weighted by atomic mass is 16.5. The fourth-order valence-corrected chi connectivity index (χ4v) is 4.00. The van der Waals surface area contributed by atoms with Crippen molar-refractivity contribution < 1.29 is 9.53 Å². The Morgan fingerprint density at radius 1 is 0.893 bits per heavy atom. The largest absolute Gasteiger partial charge is 0.358 e. The smallest absolute Gasteiger partial charge is 0.225 e. The number of hydrogen-bond donors (Lipinski definition) is 0. The number of rotatable bonds is 11. The second kappa shape index (κ2) is 11.0. The predicted molar refractivity (Wildman–Crippen MR) is 114 cm³/mol. The van der Waals surface area contributed by atoms with Gasteiger partial charge >= 0.3 is 0 Å². The van der Waals surface area contributed by atoms with Gasteiger partial charge in [0.15, 0.2) is 0 Å². The summed E-state index contributed by atoms with van der Waals surface area (Å²) in [5.41, 5.74) is 2.34. The first-order valence-corrected chi connectivity index (χ1v) is 10.8. The molecule has 0 aromatic heterocycles. The summed E-state index contributed by atoms with van der Waals surface area (Å²) in [6, 6.07) is 20.6. The van der Waals surface area contributed by atoms with E-state index in [0.29, 0.717) is 13.0 Å². The van der Waals surface area contributed by atoms with Crippen molar-refractivity contribution in [3.05, 3.63) is 71.8 Å². The third-order valence-electron chi connectivity index (χ3n) is 5.58. The zero-order valence-electron chi connectivity index (χ0n) is 17.1. The van der Waals surface area contributed by atoms with E-state index in [9.17, 15) is 4.79 Å². The van der Waals surface area contributed by atoms with Crippen LogP contribution in [-0.2, 0) is 16.1 Å². The second-order valence-corrected chi connectivity index (χ2v) is 7.76. The highest BCUT2D eigenvalue weighted by Gasteiger charge is 2.41. The Kier molecular flexibility index (Phi) is 8.10. The van der Waals surface area contributed by atoms with Gasteiger partial charge < -0.3 is 9.64 Å². The molecule has 0 radical (unpaired) electrons. The van der Waals surface area contributed by atoms with Gasteiger partial charge in [0.2, 0.25) is 5.91 Å². The van der Waals surface area contributed by atoms with E-state index >= 15 is 0 Å². The van der Waals surface area contributed by atoms with Gasteiger partial charge in [-0.15, -0.1) is 0 Å². The standard InChI is InChI=1S/C25H33NO2/c1-2-3-4-5-6-13-18-28-25-23(22-16-11-8-12-17-22)19-24(27)26(25)20-21-14-9-7-10-15-21/h7-12,14-17,23,25H,2-6,13,18-20H2,1H3. The maximum absolute atomic E-state index is 12.8. The van der Waals surface area contributed by atoms with Crippen molar-refractivity contribution in [3.8, 4) is 0 Å². The van der Waals surface area contributed by atoms with Crippen LogP contribution in [0.25, 0.3) is 0 Å². The number of nitrogens with zero attached hydrogens (tertiary/aromatic N) is 1. The fraction of sp³-hybridized carbons (Fsp3) is 0.480. The van der Waals surface area contributed by atoms with Gasteiger partial charge in [-0.1, -0.05) is 99.7 Å². The molecule has 3 nitrogen and oxygen atoms in total. The quantitative estimate of drug-likeness (QED) is 0.455. The van der Waals surface area contributed by atoms with Crippen molar-refractivity contribution in [3.63, 3.8) is 0 Å². The number of amides is 1. The molecule has 1 aliphatic rings. The molecule has 2 atom stereocenters. The summed E-state index contributed by atoms with van der Waals surface area (Å²) < 4.78 is 6.34. The molecule has 150 valence electrons. The van der Waals surface area contributed by atoms with Gasteiger partial charge in [-0.05, 0) is 17.5 Å². The van der Waals surface area contributed by atoms with Crippen molar-refractivity contribution in [2.24, 2.45) is 0 Å². The lowest BCUT2D eigenvalue weighted by atomic mass is 9.97. The van der Waals surface area contributed by atoms with Crippen LogP contribution in [-0.4, -0.2) is 23.6 Å². The number of hydrogen-bond acceptors (Lipinski definition) is 2. The first-order valence-electron chi connectivity index (χ1n) is 10.8. The molecule has 1 aliphatic heterocycles. The minimum Gasteiger partial charge on any atom is -0.358 e. The van der Waals surface area contributed by atoms with Gasteiger partial charge in [-0.3, -0.25) is 4.79 Å². The van der Waals surface area contributed by atoms with E-state index in [1.807, 2.05) is 41.3 Å². The summed E-state index contributed by atoms with van der Waals surface area (Å²) in [7, 11) is 0. The summed E-state index contributed by atoms with van der Waals surface area (Å²) in [6.45, 7) is 3.58. The Labute approximate surface area is 169 Å². The van der Waals surface area contributed by atoms with Crippen molar-refractivity contribution in [2.75, 3.05) is 6.61 Å². The lowest BCUT2D eigenvalue weighted by molar-refractivity contribution is -0.137. The molecule has 1 fully saturated rings. The molecule has 0 saturated carbocycles. The SMILES string of the molecule is CCCCCCCCOC1C(c2ccccc2)CC(=O)N1Cc1ccccc1. The van der Waals surface area contributed by atoms with Crippen molar-refractivity contribution in [1.82, 2.24) is 4.90 Å². The Balaban J connectivity index is 1.64. The summed E-state index contributed by atoms with van der Waals surface area (Å²) in [5.74, 6) is 0.295. The van der Waals surface area contributed by atoms with Crippen molar-refractivity contribution in [1.29, 1.82) is 0 Å². The van der Waals surface area contributed by atoms with Crippen LogP contribution in [0.15, 0.2) is 60.7 Å². The van der Waals surface area contributed by atoms with Gasteiger partial charge in [0, 0.05) is 25.5 Å². The Morgan fingerprint density at radius 2 is 1.54 bits per heavy atom. The number of benzene rings is 2. The molecule has 3 rings (SSSR count). The molecule has 0 N–H and O–H groups in total. The van der Waals surface area contributed by atoms with Crippen molar-refractivity contribution in [2.45, 2.75) is 70.6 Å². The Bertz CT molecular complexity index is 701. The van der Waals surface area contributed by atoms with Crippen LogP contribution in [0.2, 0.25) is 0 Å². The number of unbranched alkanes of at least 4 members (excludes halogenated alkanes) is 5. The van der Waals surface area contributed by atoms with Crippen LogP contribution in [0.4, 0.5) is 0 Å². The molecule has 0 aliphatic carbocycles. The van der Waals surface area contributed by atoms with Crippen LogP contribution >= 0.6 is 0 Å². The van der Waals surface area contributed by atoms with Gasteiger partial charge in [-0.25, -0.2) is 0 Å². The average Bonchev–Trinajstić information content (AvgIpc) is 3.04. The van der Waals surface area contributed by atoms with E-state index < -0.39 is 0 Å². The van der Waals surface area contributed by atoms with E-state index in [1.165, 1.54) is 37.7 Å². The minimum atomic E-state index is -0.175. The number of ether oxygens (including phenoxy) is 1. The van der Waals surface area contributed by atoms with E-state index in [0.717, 1.165) is 18.6 Å². The molecule has 2 aromatic carbocycles. The zero-order valence-corrected chi connectivity index (χ0v) is 17.1. The summed E-state index contributed by atoms with van der Waals surface area (Å²) >= 11 is 0.